The first kappa shape index (κ1) is 32.9. The van der Waals surface area contributed by atoms with Gasteiger partial charge in [-0.25, -0.2) is 4.79 Å². The molecule has 4 heterocycles. The van der Waals surface area contributed by atoms with Gasteiger partial charge >= 0.3 is 17.7 Å². The summed E-state index contributed by atoms with van der Waals surface area (Å²) in [6, 6.07) is 8.77. The highest BCUT2D eigenvalue weighted by molar-refractivity contribution is 5.81. The van der Waals surface area contributed by atoms with E-state index < -0.39 is 11.9 Å². The van der Waals surface area contributed by atoms with E-state index in [1.165, 1.54) is 25.7 Å². The summed E-state index contributed by atoms with van der Waals surface area (Å²) in [5, 5.41) is 9.46. The Labute approximate surface area is 265 Å². The highest BCUT2D eigenvalue weighted by atomic mass is 16.5. The van der Waals surface area contributed by atoms with Crippen molar-refractivity contribution in [2.24, 2.45) is 0 Å². The molecule has 2 aliphatic rings. The van der Waals surface area contributed by atoms with Crippen LogP contribution in [0.5, 0.6) is 6.01 Å². The van der Waals surface area contributed by atoms with E-state index in [4.69, 9.17) is 10.5 Å². The summed E-state index contributed by atoms with van der Waals surface area (Å²) in [6.07, 6.45) is 8.80. The molecular weight excluding hydrogens is 572 g/mol. The van der Waals surface area contributed by atoms with Crippen molar-refractivity contribution in [1.29, 1.82) is 0 Å². The number of aromatic amines is 1. The summed E-state index contributed by atoms with van der Waals surface area (Å²) < 4.78 is 7.37. The Morgan fingerprint density at radius 3 is 2.60 bits per heavy atom. The summed E-state index contributed by atoms with van der Waals surface area (Å²) in [5.74, 6) is -1.15. The number of imidazole rings is 1. The zero-order chi connectivity index (χ0) is 31.9. The third kappa shape index (κ3) is 8.03. The molecular formula is C33H50N8O4. The van der Waals surface area contributed by atoms with Gasteiger partial charge in [0.25, 0.3) is 0 Å². The third-order valence-electron chi connectivity index (χ3n) is 9.51. The maximum Gasteiger partial charge on any atom is 0.327 e. The number of fused-ring (bicyclic) bond motifs is 1. The number of benzene rings is 1. The lowest BCUT2D eigenvalue weighted by Gasteiger charge is -2.48. The number of H-pyrrole nitrogens is 1. The average molecular weight is 623 g/mol. The SMILES string of the molecule is CCCCOc1nc(N)c2[nH]c(=O)n(CCCN(Cc3ccc(C(C)C(=O)O)cc3)C3CCCCN3C3CCN(C)CC3)c2n1. The normalized spacial score (nSPS) is 19.3. The fourth-order valence-electron chi connectivity index (χ4n) is 6.75. The van der Waals surface area contributed by atoms with Crippen LogP contribution in [0.3, 0.4) is 0 Å². The number of aliphatic carboxylic acids is 1. The van der Waals surface area contributed by atoms with Crippen molar-refractivity contribution in [3.8, 4) is 6.01 Å². The van der Waals surface area contributed by atoms with Crippen molar-refractivity contribution in [3.63, 3.8) is 0 Å². The van der Waals surface area contributed by atoms with Crippen molar-refractivity contribution in [1.82, 2.24) is 34.2 Å². The molecule has 246 valence electrons. The van der Waals surface area contributed by atoms with Gasteiger partial charge in [0.05, 0.1) is 18.7 Å². The van der Waals surface area contributed by atoms with Gasteiger partial charge in [0.15, 0.2) is 11.5 Å². The molecule has 1 aromatic carbocycles. The minimum atomic E-state index is -0.820. The molecule has 4 N–H and O–H groups in total. The lowest BCUT2D eigenvalue weighted by Crippen LogP contribution is -2.56. The molecule has 0 aliphatic carbocycles. The molecule has 12 nitrogen and oxygen atoms in total. The van der Waals surface area contributed by atoms with Crippen LogP contribution in [0.25, 0.3) is 11.2 Å². The number of anilines is 1. The second-order valence-corrected chi connectivity index (χ2v) is 12.7. The number of hydrogen-bond donors (Lipinski definition) is 3. The fraction of sp³-hybridized carbons (Fsp3) is 0.636. The number of carboxylic acids is 1. The van der Waals surface area contributed by atoms with Crippen LogP contribution in [-0.2, 0) is 17.9 Å². The quantitative estimate of drug-likeness (QED) is 0.227. The molecule has 0 amide bonds. The minimum Gasteiger partial charge on any atom is -0.481 e. The Morgan fingerprint density at radius 1 is 1.13 bits per heavy atom. The maximum absolute atomic E-state index is 13.0. The number of likely N-dealkylation sites (tertiary alicyclic amines) is 2. The van der Waals surface area contributed by atoms with Gasteiger partial charge in [-0.15, -0.1) is 0 Å². The van der Waals surface area contributed by atoms with Gasteiger partial charge < -0.3 is 25.5 Å². The largest absolute Gasteiger partial charge is 0.481 e. The highest BCUT2D eigenvalue weighted by Crippen LogP contribution is 2.29. The summed E-state index contributed by atoms with van der Waals surface area (Å²) in [7, 11) is 2.20. The van der Waals surface area contributed by atoms with E-state index in [9.17, 15) is 14.7 Å². The van der Waals surface area contributed by atoms with E-state index in [1.807, 2.05) is 12.1 Å². The molecule has 0 spiro atoms. The first-order valence-electron chi connectivity index (χ1n) is 16.6. The number of nitrogens with one attached hydrogen (secondary N) is 1. The number of rotatable bonds is 14. The molecule has 12 heteroatoms. The second kappa shape index (κ2) is 15.2. The van der Waals surface area contributed by atoms with Crippen LogP contribution in [0.2, 0.25) is 0 Å². The number of nitrogens with two attached hydrogens (primary N) is 1. The predicted molar refractivity (Wildman–Crippen MR) is 175 cm³/mol. The number of unbranched alkanes of at least 4 members (excludes halogenated alkanes) is 1. The van der Waals surface area contributed by atoms with E-state index in [0.717, 1.165) is 69.5 Å². The number of hydrogen-bond acceptors (Lipinski definition) is 9. The zero-order valence-electron chi connectivity index (χ0n) is 27.1. The van der Waals surface area contributed by atoms with E-state index in [1.54, 1.807) is 11.5 Å². The number of aryl methyl sites for hydroxylation is 1. The maximum atomic E-state index is 13.0. The average Bonchev–Trinajstić information content (AvgIpc) is 3.36. The van der Waals surface area contributed by atoms with Crippen molar-refractivity contribution in [3.05, 3.63) is 45.9 Å². The monoisotopic (exact) mass is 622 g/mol. The minimum absolute atomic E-state index is 0.194. The van der Waals surface area contributed by atoms with Gasteiger partial charge in [-0.1, -0.05) is 37.6 Å². The van der Waals surface area contributed by atoms with Crippen molar-refractivity contribution in [2.75, 3.05) is 45.6 Å². The molecule has 2 aromatic heterocycles. The second-order valence-electron chi connectivity index (χ2n) is 12.7. The van der Waals surface area contributed by atoms with Crippen LogP contribution >= 0.6 is 0 Å². The van der Waals surface area contributed by atoms with Gasteiger partial charge in [0, 0.05) is 25.7 Å². The van der Waals surface area contributed by atoms with Gasteiger partial charge in [-0.3, -0.25) is 19.2 Å². The number of carbonyl (C=O) groups is 1. The van der Waals surface area contributed by atoms with Gasteiger partial charge in [0.2, 0.25) is 0 Å². The molecule has 2 saturated heterocycles. The molecule has 2 atom stereocenters. The smallest absolute Gasteiger partial charge is 0.327 e. The van der Waals surface area contributed by atoms with Gasteiger partial charge in [-0.05, 0) is 89.7 Å². The van der Waals surface area contributed by atoms with Crippen LogP contribution in [0, 0.1) is 0 Å². The summed E-state index contributed by atoms with van der Waals surface area (Å²) >= 11 is 0. The van der Waals surface area contributed by atoms with Crippen LogP contribution in [0.15, 0.2) is 29.1 Å². The van der Waals surface area contributed by atoms with Crippen LogP contribution in [0.4, 0.5) is 5.82 Å². The van der Waals surface area contributed by atoms with Crippen molar-refractivity contribution in [2.45, 2.75) is 96.4 Å². The van der Waals surface area contributed by atoms with E-state index in [0.29, 0.717) is 36.5 Å². The Kier molecular flexibility index (Phi) is 11.1. The van der Waals surface area contributed by atoms with Crippen molar-refractivity contribution >= 4 is 23.0 Å². The topological polar surface area (TPSA) is 146 Å². The van der Waals surface area contributed by atoms with Gasteiger partial charge in [0.1, 0.15) is 5.52 Å². The molecule has 0 saturated carbocycles. The fourth-order valence-corrected chi connectivity index (χ4v) is 6.75. The number of carboxylic acid groups (broad SMARTS) is 1. The van der Waals surface area contributed by atoms with E-state index in [-0.39, 0.29) is 17.5 Å². The zero-order valence-corrected chi connectivity index (χ0v) is 27.1. The van der Waals surface area contributed by atoms with E-state index >= 15 is 0 Å². The Hall–Kier alpha value is -3.48. The number of nitrogens with zero attached hydrogens (tertiary/aromatic N) is 6. The Balaban J connectivity index is 1.36. The first-order valence-corrected chi connectivity index (χ1v) is 16.6. The van der Waals surface area contributed by atoms with E-state index in [2.05, 4.69) is 55.8 Å². The lowest BCUT2D eigenvalue weighted by atomic mass is 9.97. The Morgan fingerprint density at radius 2 is 1.89 bits per heavy atom. The molecule has 3 aromatic rings. The number of ether oxygens (including phenoxy) is 1. The lowest BCUT2D eigenvalue weighted by molar-refractivity contribution is -0.138. The number of piperidine rings is 2. The molecule has 2 aliphatic heterocycles. The number of aromatic nitrogens is 4. The predicted octanol–water partition coefficient (Wildman–Crippen LogP) is 3.87. The molecule has 0 bridgehead atoms. The van der Waals surface area contributed by atoms with Crippen LogP contribution in [0.1, 0.15) is 82.3 Å². The van der Waals surface area contributed by atoms with Crippen molar-refractivity contribution < 1.29 is 14.6 Å². The standard InChI is InChI=1S/C33H50N8O4/c1-4-5-21-45-32-36-29(34)28-30(37-32)41(33(44)35-28)18-8-16-39(22-24-10-12-25(13-11-24)23(2)31(42)43)27-9-6-7-17-40(27)26-14-19-38(3)20-15-26/h10-13,23,26-27H,4-9,14-22H2,1-3H3,(H,35,44)(H,42,43)(H2,34,36,37). The molecule has 2 unspecified atom stereocenters. The Bertz CT molecular complexity index is 1460. The summed E-state index contributed by atoms with van der Waals surface area (Å²) in [4.78, 5) is 43.9. The summed E-state index contributed by atoms with van der Waals surface area (Å²) in [6.45, 7) is 9.67. The van der Waals surface area contributed by atoms with Crippen LogP contribution in [-0.4, -0.2) is 97.3 Å². The van der Waals surface area contributed by atoms with Gasteiger partial charge in [-0.2, -0.15) is 9.97 Å². The molecule has 5 rings (SSSR count). The highest BCUT2D eigenvalue weighted by Gasteiger charge is 2.34. The first-order chi connectivity index (χ1) is 21.7. The van der Waals surface area contributed by atoms with Crippen LogP contribution < -0.4 is 16.2 Å². The molecule has 2 fully saturated rings. The summed E-state index contributed by atoms with van der Waals surface area (Å²) in [5.41, 5.74) is 8.80. The third-order valence-corrected chi connectivity index (χ3v) is 9.51. The number of nitrogen functional groups attached to an aromatic ring is 1. The molecule has 0 radical (unpaired) electrons. The molecule has 45 heavy (non-hydrogen) atoms.